The maximum Gasteiger partial charge on any atom is 0.259 e. The zero-order chi connectivity index (χ0) is 38.5. The van der Waals surface area contributed by atoms with Crippen molar-refractivity contribution in [2.24, 2.45) is 18.9 Å². The molecule has 4 aromatic heterocycles. The summed E-state index contributed by atoms with van der Waals surface area (Å²) in [6.07, 6.45) is 9.31. The highest BCUT2D eigenvalue weighted by Crippen LogP contribution is 2.29. The summed E-state index contributed by atoms with van der Waals surface area (Å²) in [5.41, 5.74) is 4.81. The van der Waals surface area contributed by atoms with Crippen molar-refractivity contribution in [3.05, 3.63) is 119 Å². The summed E-state index contributed by atoms with van der Waals surface area (Å²) >= 11 is 0. The van der Waals surface area contributed by atoms with Crippen LogP contribution in [-0.4, -0.2) is 81.5 Å². The third-order valence-electron chi connectivity index (χ3n) is 10.8. The summed E-state index contributed by atoms with van der Waals surface area (Å²) < 4.78 is 38.8. The standard InChI is InChI=1S/C22H24FN3O2.C21H22FN3O2/c1-25-10-9-17-14-19(21(28-2)24-20(17)25)22(27)26-11-7-16(8-12-26)13-15-3-5-18(23)6-4-15;1-27-20-18(13-16-6-9-23-19(16)24-20)21(26)25-10-7-15(8-11-25)12-14-2-4-17(22)5-3-14/h3-6,9-10,14,16H,7-8,11-13H2,1-2H3;2-6,9,13,15H,7-8,10-12H2,1H3,(H,23,24). The predicted molar refractivity (Wildman–Crippen MR) is 207 cm³/mol. The molecule has 55 heavy (non-hydrogen) atoms. The number of ether oxygens (including phenoxy) is 2. The second-order valence-electron chi connectivity index (χ2n) is 14.5. The number of piperidine rings is 2. The number of carbonyl (C=O) groups excluding carboxylic acids is 2. The molecule has 2 aliphatic rings. The molecule has 6 aromatic rings. The van der Waals surface area contributed by atoms with Crippen molar-refractivity contribution in [3.63, 3.8) is 0 Å². The van der Waals surface area contributed by atoms with Gasteiger partial charge in [0.25, 0.3) is 11.8 Å². The van der Waals surface area contributed by atoms with Gasteiger partial charge < -0.3 is 28.8 Å². The molecule has 0 saturated carbocycles. The van der Waals surface area contributed by atoms with Crippen LogP contribution < -0.4 is 9.47 Å². The van der Waals surface area contributed by atoms with Crippen molar-refractivity contribution < 1.29 is 27.8 Å². The molecule has 2 amide bonds. The minimum Gasteiger partial charge on any atom is -0.480 e. The van der Waals surface area contributed by atoms with Gasteiger partial charge in [-0.2, -0.15) is 9.97 Å². The number of methoxy groups -OCH3 is 2. The molecule has 286 valence electrons. The number of pyridine rings is 2. The second kappa shape index (κ2) is 16.7. The van der Waals surface area contributed by atoms with E-state index < -0.39 is 0 Å². The van der Waals surface area contributed by atoms with Gasteiger partial charge in [-0.3, -0.25) is 9.59 Å². The molecular weight excluding hydrogens is 703 g/mol. The third-order valence-corrected chi connectivity index (χ3v) is 10.8. The van der Waals surface area contributed by atoms with E-state index in [1.807, 2.05) is 76.1 Å². The van der Waals surface area contributed by atoms with Crippen LogP contribution >= 0.6 is 0 Å². The molecule has 2 aliphatic heterocycles. The van der Waals surface area contributed by atoms with Crippen LogP contribution in [0.2, 0.25) is 0 Å². The maximum absolute atomic E-state index is 13.1. The quantitative estimate of drug-likeness (QED) is 0.172. The lowest BCUT2D eigenvalue weighted by Crippen LogP contribution is -2.39. The number of aromatic amines is 1. The summed E-state index contributed by atoms with van der Waals surface area (Å²) in [6.45, 7) is 2.83. The highest BCUT2D eigenvalue weighted by atomic mass is 19.1. The minimum atomic E-state index is -0.207. The van der Waals surface area contributed by atoms with Crippen molar-refractivity contribution in [2.75, 3.05) is 40.4 Å². The van der Waals surface area contributed by atoms with E-state index in [0.717, 1.165) is 66.1 Å². The van der Waals surface area contributed by atoms with Gasteiger partial charge in [0.15, 0.2) is 0 Å². The van der Waals surface area contributed by atoms with Crippen molar-refractivity contribution in [1.29, 1.82) is 0 Å². The zero-order valence-electron chi connectivity index (χ0n) is 31.4. The van der Waals surface area contributed by atoms with Crippen LogP contribution in [-0.2, 0) is 19.9 Å². The highest BCUT2D eigenvalue weighted by molar-refractivity contribution is 6.00. The van der Waals surface area contributed by atoms with E-state index in [4.69, 9.17) is 9.47 Å². The summed E-state index contributed by atoms with van der Waals surface area (Å²) in [5.74, 6) is 1.25. The molecule has 0 bridgehead atoms. The Hall–Kier alpha value is -5.78. The number of carbonyl (C=O) groups is 2. The van der Waals surface area contributed by atoms with E-state index in [-0.39, 0.29) is 23.4 Å². The smallest absolute Gasteiger partial charge is 0.259 e. The van der Waals surface area contributed by atoms with Crippen LogP contribution in [0.15, 0.2) is 85.2 Å². The molecule has 2 aromatic carbocycles. The molecule has 0 unspecified atom stereocenters. The molecule has 0 atom stereocenters. The SMILES string of the molecule is COc1nc2[nH]ccc2cc1C(=O)N1CCC(Cc2ccc(F)cc2)CC1.COc1nc2c(ccn2C)cc1C(=O)N1CCC(Cc2ccc(F)cc2)CC1. The number of hydrogen-bond donors (Lipinski definition) is 1. The first-order chi connectivity index (χ1) is 26.7. The molecular formula is C43H46F2N6O4. The first kappa shape index (κ1) is 37.5. The fraction of sp³-hybridized carbons (Fsp3) is 0.349. The Labute approximate surface area is 319 Å². The van der Waals surface area contributed by atoms with E-state index in [1.165, 1.54) is 31.4 Å². The van der Waals surface area contributed by atoms with Crippen molar-refractivity contribution >= 4 is 33.9 Å². The summed E-state index contributed by atoms with van der Waals surface area (Å²) in [6, 6.07) is 21.0. The van der Waals surface area contributed by atoms with E-state index in [9.17, 15) is 18.4 Å². The maximum atomic E-state index is 13.1. The Balaban J connectivity index is 0.000000169. The lowest BCUT2D eigenvalue weighted by atomic mass is 9.90. The van der Waals surface area contributed by atoms with Gasteiger partial charge in [-0.05, 0) is 110 Å². The number of fused-ring (bicyclic) bond motifs is 2. The Morgan fingerprint density at radius 2 is 1.16 bits per heavy atom. The van der Waals surface area contributed by atoms with Gasteiger partial charge in [0.1, 0.15) is 34.1 Å². The third kappa shape index (κ3) is 8.64. The fourth-order valence-corrected chi connectivity index (χ4v) is 7.68. The predicted octanol–water partition coefficient (Wildman–Crippen LogP) is 7.62. The molecule has 10 nitrogen and oxygen atoms in total. The first-order valence-electron chi connectivity index (χ1n) is 18.8. The van der Waals surface area contributed by atoms with Crippen LogP contribution in [0.5, 0.6) is 11.8 Å². The van der Waals surface area contributed by atoms with E-state index in [0.29, 0.717) is 66.5 Å². The van der Waals surface area contributed by atoms with Gasteiger partial charge >= 0.3 is 0 Å². The van der Waals surface area contributed by atoms with Gasteiger partial charge in [-0.1, -0.05) is 24.3 Å². The molecule has 0 radical (unpaired) electrons. The molecule has 1 N–H and O–H groups in total. The normalized spacial score (nSPS) is 15.2. The topological polar surface area (TPSA) is 106 Å². The van der Waals surface area contributed by atoms with Crippen LogP contribution in [0.4, 0.5) is 8.78 Å². The number of aromatic nitrogens is 4. The largest absolute Gasteiger partial charge is 0.480 e. The van der Waals surface area contributed by atoms with Gasteiger partial charge in [0.2, 0.25) is 11.8 Å². The number of nitrogens with zero attached hydrogens (tertiary/aromatic N) is 5. The average Bonchev–Trinajstić information content (AvgIpc) is 3.84. The Morgan fingerprint density at radius 3 is 1.65 bits per heavy atom. The summed E-state index contributed by atoms with van der Waals surface area (Å²) in [7, 11) is 4.99. The Kier molecular flexibility index (Phi) is 11.4. The summed E-state index contributed by atoms with van der Waals surface area (Å²) in [4.78, 5) is 41.8. The van der Waals surface area contributed by atoms with Gasteiger partial charge in [-0.15, -0.1) is 0 Å². The van der Waals surface area contributed by atoms with E-state index in [1.54, 1.807) is 13.3 Å². The molecule has 2 fully saturated rings. The average molecular weight is 749 g/mol. The monoisotopic (exact) mass is 748 g/mol. The van der Waals surface area contributed by atoms with E-state index in [2.05, 4.69) is 15.0 Å². The lowest BCUT2D eigenvalue weighted by Gasteiger charge is -2.32. The number of hydrogen-bond acceptors (Lipinski definition) is 6. The van der Waals surface area contributed by atoms with Crippen LogP contribution in [0, 0.1) is 23.5 Å². The van der Waals surface area contributed by atoms with Crippen molar-refractivity contribution in [1.82, 2.24) is 29.3 Å². The highest BCUT2D eigenvalue weighted by Gasteiger charge is 2.28. The van der Waals surface area contributed by atoms with Gasteiger partial charge in [0, 0.05) is 56.4 Å². The molecule has 6 heterocycles. The fourth-order valence-electron chi connectivity index (χ4n) is 7.68. The number of rotatable bonds is 8. The van der Waals surface area contributed by atoms with Gasteiger partial charge in [0.05, 0.1) is 14.2 Å². The number of nitrogens with one attached hydrogen (secondary N) is 1. The molecule has 2 saturated heterocycles. The molecule has 8 rings (SSSR count). The Bertz CT molecular complexity index is 2250. The van der Waals surface area contributed by atoms with E-state index >= 15 is 0 Å². The zero-order valence-corrected chi connectivity index (χ0v) is 31.4. The van der Waals surface area contributed by atoms with Crippen LogP contribution in [0.25, 0.3) is 22.1 Å². The number of halogens is 2. The molecule has 0 aliphatic carbocycles. The molecule has 12 heteroatoms. The number of amides is 2. The number of H-pyrrole nitrogens is 1. The first-order valence-corrected chi connectivity index (χ1v) is 18.8. The van der Waals surface area contributed by atoms with Crippen molar-refractivity contribution in [3.8, 4) is 11.8 Å². The number of benzene rings is 2. The number of likely N-dealkylation sites (tertiary alicyclic amines) is 2. The lowest BCUT2D eigenvalue weighted by molar-refractivity contribution is 0.0678. The van der Waals surface area contributed by atoms with Crippen LogP contribution in [0.3, 0.4) is 0 Å². The summed E-state index contributed by atoms with van der Waals surface area (Å²) in [5, 5.41) is 1.82. The number of aryl methyl sites for hydroxylation is 1. The molecule has 0 spiro atoms. The van der Waals surface area contributed by atoms with Crippen molar-refractivity contribution in [2.45, 2.75) is 38.5 Å². The van der Waals surface area contributed by atoms with Gasteiger partial charge in [-0.25, -0.2) is 8.78 Å². The second-order valence-corrected chi connectivity index (χ2v) is 14.5. The minimum absolute atomic E-state index is 0.0321. The Morgan fingerprint density at radius 1 is 0.691 bits per heavy atom. The van der Waals surface area contributed by atoms with Crippen LogP contribution in [0.1, 0.15) is 57.5 Å².